The summed E-state index contributed by atoms with van der Waals surface area (Å²) in [6.07, 6.45) is 4.11. The Morgan fingerprint density at radius 3 is 2.58 bits per heavy atom. The number of fused-ring (bicyclic) bond motifs is 1. The molecule has 4 rings (SSSR count). The van der Waals surface area contributed by atoms with Gasteiger partial charge in [-0.3, -0.25) is 4.79 Å². The lowest BCUT2D eigenvalue weighted by Crippen LogP contribution is -2.46. The summed E-state index contributed by atoms with van der Waals surface area (Å²) in [4.78, 5) is 15.0. The molecule has 1 N–H and O–H groups in total. The van der Waals surface area contributed by atoms with Gasteiger partial charge < -0.3 is 10.2 Å². The lowest BCUT2D eigenvalue weighted by molar-refractivity contribution is 0.0972. The second-order valence-electron chi connectivity index (χ2n) is 7.51. The van der Waals surface area contributed by atoms with Crippen molar-refractivity contribution in [2.45, 2.75) is 57.7 Å². The highest BCUT2D eigenvalue weighted by Crippen LogP contribution is 2.40. The Morgan fingerprint density at radius 1 is 1.19 bits per heavy atom. The molecule has 0 spiro atoms. The SMILES string of the molecule is CCc1ccc(C(=O)N2c3ccc(F)cc3[C@@H](NC3CC3)C[C@H]2C)cc1. The van der Waals surface area contributed by atoms with Gasteiger partial charge in [0.2, 0.25) is 0 Å². The van der Waals surface area contributed by atoms with Gasteiger partial charge in [-0.25, -0.2) is 4.39 Å². The molecule has 0 radical (unpaired) electrons. The van der Waals surface area contributed by atoms with E-state index in [1.54, 1.807) is 12.1 Å². The van der Waals surface area contributed by atoms with Crippen LogP contribution in [0.15, 0.2) is 42.5 Å². The van der Waals surface area contributed by atoms with Gasteiger partial charge in [0.05, 0.1) is 0 Å². The lowest BCUT2D eigenvalue weighted by Gasteiger charge is -2.40. The molecule has 2 aromatic rings. The van der Waals surface area contributed by atoms with Crippen molar-refractivity contribution >= 4 is 11.6 Å². The molecule has 4 heteroatoms. The van der Waals surface area contributed by atoms with E-state index < -0.39 is 0 Å². The van der Waals surface area contributed by atoms with Gasteiger partial charge in [-0.05, 0) is 74.1 Å². The molecular weight excluding hydrogens is 327 g/mol. The third-order valence-electron chi connectivity index (χ3n) is 5.48. The van der Waals surface area contributed by atoms with Crippen molar-refractivity contribution in [2.24, 2.45) is 0 Å². The predicted molar refractivity (Wildman–Crippen MR) is 102 cm³/mol. The van der Waals surface area contributed by atoms with Gasteiger partial charge in [-0.15, -0.1) is 0 Å². The van der Waals surface area contributed by atoms with Crippen LogP contribution in [0.1, 0.15) is 60.6 Å². The Hall–Kier alpha value is -2.20. The molecule has 3 nitrogen and oxygen atoms in total. The van der Waals surface area contributed by atoms with Crippen molar-refractivity contribution in [3.63, 3.8) is 0 Å². The van der Waals surface area contributed by atoms with Crippen molar-refractivity contribution in [3.05, 3.63) is 65.0 Å². The first-order chi connectivity index (χ1) is 12.6. The van der Waals surface area contributed by atoms with E-state index in [1.165, 1.54) is 24.5 Å². The Morgan fingerprint density at radius 2 is 1.92 bits per heavy atom. The summed E-state index contributed by atoms with van der Waals surface area (Å²) in [6, 6.07) is 13.3. The van der Waals surface area contributed by atoms with Crippen LogP contribution in [0, 0.1) is 5.82 Å². The van der Waals surface area contributed by atoms with Crippen molar-refractivity contribution in [1.82, 2.24) is 5.32 Å². The summed E-state index contributed by atoms with van der Waals surface area (Å²) in [5, 5.41) is 3.62. The van der Waals surface area contributed by atoms with Crippen LogP contribution in [0.25, 0.3) is 0 Å². The fraction of sp³-hybridized carbons (Fsp3) is 0.409. The van der Waals surface area contributed by atoms with E-state index in [0.717, 1.165) is 24.1 Å². The first kappa shape index (κ1) is 17.2. The molecule has 26 heavy (non-hydrogen) atoms. The summed E-state index contributed by atoms with van der Waals surface area (Å²) in [6.45, 7) is 4.17. The summed E-state index contributed by atoms with van der Waals surface area (Å²) in [7, 11) is 0. The van der Waals surface area contributed by atoms with Crippen LogP contribution in [0.3, 0.4) is 0 Å². The highest BCUT2D eigenvalue weighted by Gasteiger charge is 2.36. The highest BCUT2D eigenvalue weighted by atomic mass is 19.1. The number of hydrogen-bond acceptors (Lipinski definition) is 2. The van der Waals surface area contributed by atoms with E-state index in [-0.39, 0.29) is 23.8 Å². The summed E-state index contributed by atoms with van der Waals surface area (Å²) >= 11 is 0. The molecule has 0 aromatic heterocycles. The molecule has 1 heterocycles. The monoisotopic (exact) mass is 352 g/mol. The molecule has 2 aromatic carbocycles. The number of anilines is 1. The van der Waals surface area contributed by atoms with Crippen LogP contribution < -0.4 is 10.2 Å². The minimum Gasteiger partial charge on any atom is -0.307 e. The van der Waals surface area contributed by atoms with Crippen molar-refractivity contribution in [2.75, 3.05) is 4.90 Å². The van der Waals surface area contributed by atoms with E-state index in [2.05, 4.69) is 19.2 Å². The van der Waals surface area contributed by atoms with Crippen molar-refractivity contribution in [3.8, 4) is 0 Å². The average Bonchev–Trinajstić information content (AvgIpc) is 3.46. The van der Waals surface area contributed by atoms with Gasteiger partial charge in [0.15, 0.2) is 0 Å². The Kier molecular flexibility index (Phi) is 4.53. The second-order valence-corrected chi connectivity index (χ2v) is 7.51. The lowest BCUT2D eigenvalue weighted by atomic mass is 9.90. The fourth-order valence-electron chi connectivity index (χ4n) is 3.86. The molecule has 1 amide bonds. The zero-order valence-corrected chi connectivity index (χ0v) is 15.3. The largest absolute Gasteiger partial charge is 0.307 e. The molecule has 1 saturated carbocycles. The first-order valence-electron chi connectivity index (χ1n) is 9.54. The zero-order valence-electron chi connectivity index (χ0n) is 15.3. The molecular formula is C22H25FN2O. The number of aryl methyl sites for hydroxylation is 1. The Balaban J connectivity index is 1.69. The molecule has 1 aliphatic carbocycles. The van der Waals surface area contributed by atoms with Crippen molar-refractivity contribution < 1.29 is 9.18 Å². The van der Waals surface area contributed by atoms with Crippen molar-refractivity contribution in [1.29, 1.82) is 0 Å². The minimum atomic E-state index is -0.249. The molecule has 0 unspecified atom stereocenters. The minimum absolute atomic E-state index is 0.0158. The molecule has 2 aliphatic rings. The van der Waals surface area contributed by atoms with E-state index in [1.807, 2.05) is 29.2 Å². The number of amides is 1. The summed E-state index contributed by atoms with van der Waals surface area (Å²) in [5.74, 6) is -0.265. The van der Waals surface area contributed by atoms with Gasteiger partial charge in [0.1, 0.15) is 5.82 Å². The third kappa shape index (κ3) is 3.26. The highest BCUT2D eigenvalue weighted by molar-refractivity contribution is 6.07. The average molecular weight is 352 g/mol. The number of halogens is 1. The third-order valence-corrected chi connectivity index (χ3v) is 5.48. The van der Waals surface area contributed by atoms with E-state index in [9.17, 15) is 9.18 Å². The number of rotatable bonds is 4. The van der Waals surface area contributed by atoms with Gasteiger partial charge in [-0.2, -0.15) is 0 Å². The van der Waals surface area contributed by atoms with Gasteiger partial charge in [-0.1, -0.05) is 19.1 Å². The van der Waals surface area contributed by atoms with E-state index in [0.29, 0.717) is 11.6 Å². The van der Waals surface area contributed by atoms with Crippen LogP contribution in [0.5, 0.6) is 0 Å². The maximum Gasteiger partial charge on any atom is 0.258 e. The number of hydrogen-bond donors (Lipinski definition) is 1. The van der Waals surface area contributed by atoms with E-state index >= 15 is 0 Å². The number of carbonyl (C=O) groups excluding carboxylic acids is 1. The summed E-state index contributed by atoms with van der Waals surface area (Å²) in [5.41, 5.74) is 3.61. The smallest absolute Gasteiger partial charge is 0.258 e. The fourth-order valence-corrected chi connectivity index (χ4v) is 3.86. The van der Waals surface area contributed by atoms with Crippen LogP contribution in [-0.4, -0.2) is 18.0 Å². The Bertz CT molecular complexity index is 813. The van der Waals surface area contributed by atoms with Crippen LogP contribution in [0.4, 0.5) is 10.1 Å². The number of nitrogens with one attached hydrogen (secondary N) is 1. The standard InChI is InChI=1S/C22H25FN2O/c1-3-15-4-6-16(7-5-15)22(26)25-14(2)12-20(24-18-9-10-18)19-13-17(23)8-11-21(19)25/h4-8,11,13-14,18,20,24H,3,9-10,12H2,1-2H3/t14-,20+/m1/s1. The summed E-state index contributed by atoms with van der Waals surface area (Å²) < 4.78 is 13.9. The molecule has 1 aliphatic heterocycles. The molecule has 0 bridgehead atoms. The molecule has 1 fully saturated rings. The maximum absolute atomic E-state index is 13.9. The number of nitrogens with zero attached hydrogens (tertiary/aromatic N) is 1. The number of benzene rings is 2. The van der Waals surface area contributed by atoms with Gasteiger partial charge in [0, 0.05) is 29.4 Å². The molecule has 2 atom stereocenters. The van der Waals surface area contributed by atoms with Gasteiger partial charge in [0.25, 0.3) is 5.91 Å². The normalized spacial score (nSPS) is 22.2. The molecule has 136 valence electrons. The van der Waals surface area contributed by atoms with E-state index in [4.69, 9.17) is 0 Å². The second kappa shape index (κ2) is 6.84. The zero-order chi connectivity index (χ0) is 18.3. The predicted octanol–water partition coefficient (Wildman–Crippen LogP) is 4.62. The maximum atomic E-state index is 13.9. The van der Waals surface area contributed by atoms with Crippen LogP contribution in [-0.2, 0) is 6.42 Å². The molecule has 0 saturated heterocycles. The van der Waals surface area contributed by atoms with Gasteiger partial charge >= 0.3 is 0 Å². The van der Waals surface area contributed by atoms with Crippen LogP contribution in [0.2, 0.25) is 0 Å². The quantitative estimate of drug-likeness (QED) is 0.871. The topological polar surface area (TPSA) is 32.3 Å². The first-order valence-corrected chi connectivity index (χ1v) is 9.54. The Labute approximate surface area is 154 Å². The van der Waals surface area contributed by atoms with Crippen LogP contribution >= 0.6 is 0 Å². The number of carbonyl (C=O) groups is 1.